The highest BCUT2D eigenvalue weighted by atomic mass is 79.9. The molecule has 1 saturated heterocycles. The van der Waals surface area contributed by atoms with Crippen LogP contribution in [-0.2, 0) is 16.1 Å². The molecular weight excluding hydrogens is 270 g/mol. The Balaban J connectivity index is 1.87. The van der Waals surface area contributed by atoms with Crippen LogP contribution in [0.3, 0.4) is 0 Å². The van der Waals surface area contributed by atoms with Gasteiger partial charge in [-0.25, -0.2) is 0 Å². The lowest BCUT2D eigenvalue weighted by atomic mass is 10.2. The van der Waals surface area contributed by atoms with E-state index in [4.69, 9.17) is 4.74 Å². The Labute approximate surface area is 103 Å². The van der Waals surface area contributed by atoms with Crippen LogP contribution in [0.1, 0.15) is 18.4 Å². The van der Waals surface area contributed by atoms with Gasteiger partial charge in [-0.2, -0.15) is 0 Å². The molecule has 0 saturated carbocycles. The van der Waals surface area contributed by atoms with Crippen molar-refractivity contribution in [1.29, 1.82) is 0 Å². The quantitative estimate of drug-likeness (QED) is 0.924. The number of nitrogens with one attached hydrogen (secondary N) is 1. The monoisotopic (exact) mass is 283 g/mol. The van der Waals surface area contributed by atoms with Gasteiger partial charge in [-0.15, -0.1) is 0 Å². The summed E-state index contributed by atoms with van der Waals surface area (Å²) in [6.45, 7) is 1.24. The zero-order valence-electron chi connectivity index (χ0n) is 8.91. The fourth-order valence-electron chi connectivity index (χ4n) is 1.72. The minimum atomic E-state index is -0.248. The first kappa shape index (κ1) is 11.6. The zero-order valence-corrected chi connectivity index (χ0v) is 10.5. The van der Waals surface area contributed by atoms with E-state index in [0.717, 1.165) is 22.9 Å². The Morgan fingerprint density at radius 2 is 2.31 bits per heavy atom. The van der Waals surface area contributed by atoms with Crippen LogP contribution in [0.5, 0.6) is 0 Å². The van der Waals surface area contributed by atoms with Gasteiger partial charge in [0, 0.05) is 17.6 Å². The van der Waals surface area contributed by atoms with Gasteiger partial charge in [-0.05, 0) is 24.5 Å². The van der Waals surface area contributed by atoms with Crippen molar-refractivity contribution >= 4 is 21.8 Å². The summed E-state index contributed by atoms with van der Waals surface area (Å²) in [6.07, 6.45) is 1.57. The van der Waals surface area contributed by atoms with Crippen LogP contribution < -0.4 is 5.32 Å². The van der Waals surface area contributed by atoms with Gasteiger partial charge in [-0.3, -0.25) is 4.79 Å². The molecule has 1 N–H and O–H groups in total. The van der Waals surface area contributed by atoms with E-state index in [9.17, 15) is 4.79 Å². The van der Waals surface area contributed by atoms with E-state index in [2.05, 4.69) is 21.2 Å². The molecule has 1 heterocycles. The molecule has 1 aromatic rings. The lowest BCUT2D eigenvalue weighted by Gasteiger charge is -2.11. The first-order valence-electron chi connectivity index (χ1n) is 5.40. The normalized spacial score (nSPS) is 19.7. The Hall–Kier alpha value is -0.870. The molecule has 1 aromatic carbocycles. The van der Waals surface area contributed by atoms with Gasteiger partial charge in [0.15, 0.2) is 0 Å². The standard InChI is InChI=1S/C12H14BrNO2/c13-10-5-2-1-4-9(10)8-14-12(15)11-6-3-7-16-11/h1-2,4-5,11H,3,6-8H2,(H,14,15)/t11-/m1/s1. The number of carbonyl (C=O) groups excluding carboxylic acids is 1. The lowest BCUT2D eigenvalue weighted by Crippen LogP contribution is -2.33. The van der Waals surface area contributed by atoms with E-state index in [0.29, 0.717) is 13.2 Å². The van der Waals surface area contributed by atoms with E-state index in [1.807, 2.05) is 24.3 Å². The molecule has 0 unspecified atom stereocenters. The van der Waals surface area contributed by atoms with Gasteiger partial charge in [0.25, 0.3) is 0 Å². The second-order valence-electron chi connectivity index (χ2n) is 3.81. The van der Waals surface area contributed by atoms with Crippen molar-refractivity contribution in [3.05, 3.63) is 34.3 Å². The van der Waals surface area contributed by atoms with Crippen molar-refractivity contribution < 1.29 is 9.53 Å². The Morgan fingerprint density at radius 3 is 3.00 bits per heavy atom. The van der Waals surface area contributed by atoms with Crippen LogP contribution >= 0.6 is 15.9 Å². The number of amides is 1. The van der Waals surface area contributed by atoms with Gasteiger partial charge in [0.05, 0.1) is 0 Å². The van der Waals surface area contributed by atoms with Crippen molar-refractivity contribution in [2.45, 2.75) is 25.5 Å². The van der Waals surface area contributed by atoms with Crippen molar-refractivity contribution in [1.82, 2.24) is 5.32 Å². The summed E-state index contributed by atoms with van der Waals surface area (Å²) in [7, 11) is 0. The second kappa shape index (κ2) is 5.46. The molecule has 0 bridgehead atoms. The smallest absolute Gasteiger partial charge is 0.249 e. The number of benzene rings is 1. The highest BCUT2D eigenvalue weighted by molar-refractivity contribution is 9.10. The van der Waals surface area contributed by atoms with E-state index in [-0.39, 0.29) is 12.0 Å². The number of halogens is 1. The molecule has 0 aliphatic carbocycles. The predicted molar refractivity (Wildman–Crippen MR) is 65.0 cm³/mol. The van der Waals surface area contributed by atoms with Gasteiger partial charge < -0.3 is 10.1 Å². The molecule has 0 spiro atoms. The summed E-state index contributed by atoms with van der Waals surface area (Å²) in [6, 6.07) is 7.86. The number of hydrogen-bond donors (Lipinski definition) is 1. The molecule has 1 aliphatic heterocycles. The molecule has 4 heteroatoms. The molecule has 1 fully saturated rings. The molecular formula is C12H14BrNO2. The topological polar surface area (TPSA) is 38.3 Å². The van der Waals surface area contributed by atoms with E-state index in [1.54, 1.807) is 0 Å². The highest BCUT2D eigenvalue weighted by Crippen LogP contribution is 2.16. The molecule has 1 atom stereocenters. The van der Waals surface area contributed by atoms with E-state index < -0.39 is 0 Å². The van der Waals surface area contributed by atoms with Crippen molar-refractivity contribution in [2.24, 2.45) is 0 Å². The highest BCUT2D eigenvalue weighted by Gasteiger charge is 2.23. The van der Waals surface area contributed by atoms with Crippen LogP contribution in [0.25, 0.3) is 0 Å². The third kappa shape index (κ3) is 2.83. The van der Waals surface area contributed by atoms with Gasteiger partial charge >= 0.3 is 0 Å². The Kier molecular flexibility index (Phi) is 3.96. The predicted octanol–water partition coefficient (Wildman–Crippen LogP) is 2.24. The number of ether oxygens (including phenoxy) is 1. The van der Waals surface area contributed by atoms with Crippen molar-refractivity contribution in [3.63, 3.8) is 0 Å². The molecule has 86 valence electrons. The average Bonchev–Trinajstić information content (AvgIpc) is 2.81. The molecule has 0 aromatic heterocycles. The van der Waals surface area contributed by atoms with Crippen LogP contribution in [0.4, 0.5) is 0 Å². The van der Waals surface area contributed by atoms with Crippen LogP contribution in [0.15, 0.2) is 28.7 Å². The second-order valence-corrected chi connectivity index (χ2v) is 4.67. The number of rotatable bonds is 3. The Morgan fingerprint density at radius 1 is 1.50 bits per heavy atom. The minimum Gasteiger partial charge on any atom is -0.368 e. The largest absolute Gasteiger partial charge is 0.368 e. The summed E-state index contributed by atoms with van der Waals surface area (Å²) in [4.78, 5) is 11.7. The molecule has 2 rings (SSSR count). The van der Waals surface area contributed by atoms with Gasteiger partial charge in [0.1, 0.15) is 6.10 Å². The SMILES string of the molecule is O=C(NCc1ccccc1Br)[C@H]1CCCO1. The van der Waals surface area contributed by atoms with Gasteiger partial charge in [0.2, 0.25) is 5.91 Å². The average molecular weight is 284 g/mol. The molecule has 1 aliphatic rings. The summed E-state index contributed by atoms with van der Waals surface area (Å²) >= 11 is 3.45. The summed E-state index contributed by atoms with van der Waals surface area (Å²) < 4.78 is 6.33. The summed E-state index contributed by atoms with van der Waals surface area (Å²) in [5.41, 5.74) is 1.08. The van der Waals surface area contributed by atoms with Crippen LogP contribution in [0.2, 0.25) is 0 Å². The molecule has 1 amide bonds. The Bertz CT molecular complexity index is 375. The minimum absolute atomic E-state index is 0.00625. The summed E-state index contributed by atoms with van der Waals surface area (Å²) in [5, 5.41) is 2.89. The van der Waals surface area contributed by atoms with E-state index in [1.165, 1.54) is 0 Å². The maximum Gasteiger partial charge on any atom is 0.249 e. The zero-order chi connectivity index (χ0) is 11.4. The van der Waals surface area contributed by atoms with E-state index >= 15 is 0 Å². The number of carbonyl (C=O) groups is 1. The maximum absolute atomic E-state index is 11.7. The fraction of sp³-hybridized carbons (Fsp3) is 0.417. The number of hydrogen-bond acceptors (Lipinski definition) is 2. The first-order valence-corrected chi connectivity index (χ1v) is 6.19. The van der Waals surface area contributed by atoms with Crippen molar-refractivity contribution in [2.75, 3.05) is 6.61 Å². The third-order valence-electron chi connectivity index (χ3n) is 2.63. The molecule has 16 heavy (non-hydrogen) atoms. The van der Waals surface area contributed by atoms with Gasteiger partial charge in [-0.1, -0.05) is 34.1 Å². The van der Waals surface area contributed by atoms with Crippen LogP contribution in [-0.4, -0.2) is 18.6 Å². The molecule has 3 nitrogen and oxygen atoms in total. The summed E-state index contributed by atoms with van der Waals surface area (Å²) in [5.74, 6) is -0.00625. The third-order valence-corrected chi connectivity index (χ3v) is 3.41. The fourth-order valence-corrected chi connectivity index (χ4v) is 2.15. The lowest BCUT2D eigenvalue weighted by molar-refractivity contribution is -0.130. The van der Waals surface area contributed by atoms with Crippen LogP contribution in [0, 0.1) is 0 Å². The maximum atomic E-state index is 11.7. The first-order chi connectivity index (χ1) is 7.77. The molecule has 0 radical (unpaired) electrons. The van der Waals surface area contributed by atoms with Crippen molar-refractivity contribution in [3.8, 4) is 0 Å².